The highest BCUT2D eigenvalue weighted by Crippen LogP contribution is 2.31. The second-order valence-corrected chi connectivity index (χ2v) is 7.00. The van der Waals surface area contributed by atoms with Gasteiger partial charge in [-0.3, -0.25) is 4.72 Å². The quantitative estimate of drug-likeness (QED) is 0.622. The molecule has 3 aromatic heterocycles. The number of nitrogens with one attached hydrogen (secondary N) is 1. The van der Waals surface area contributed by atoms with Crippen molar-refractivity contribution < 1.29 is 17.9 Å². The van der Waals surface area contributed by atoms with Crippen LogP contribution in [0.1, 0.15) is 12.6 Å². The minimum Gasteiger partial charge on any atom is -0.494 e. The molecule has 0 aromatic carbocycles. The molecule has 0 bridgehead atoms. The molecule has 3 aromatic rings. The Labute approximate surface area is 154 Å². The van der Waals surface area contributed by atoms with Crippen molar-refractivity contribution in [3.63, 3.8) is 0 Å². The van der Waals surface area contributed by atoms with Crippen LogP contribution in [0.5, 0.6) is 11.8 Å². The van der Waals surface area contributed by atoms with Crippen LogP contribution in [0.25, 0.3) is 5.65 Å². The van der Waals surface area contributed by atoms with E-state index in [2.05, 4.69) is 24.8 Å². The number of halogens is 1. The van der Waals surface area contributed by atoms with Crippen molar-refractivity contribution in [3.8, 4) is 11.8 Å². The van der Waals surface area contributed by atoms with Crippen LogP contribution in [0.4, 0.5) is 5.69 Å². The van der Waals surface area contributed by atoms with Gasteiger partial charge in [0.05, 0.1) is 13.7 Å². The second kappa shape index (κ2) is 6.92. The Morgan fingerprint density at radius 3 is 2.81 bits per heavy atom. The van der Waals surface area contributed by atoms with Gasteiger partial charge in [0.1, 0.15) is 11.4 Å². The summed E-state index contributed by atoms with van der Waals surface area (Å²) < 4.78 is 39.4. The van der Waals surface area contributed by atoms with E-state index in [-0.39, 0.29) is 28.2 Å². The van der Waals surface area contributed by atoms with Crippen LogP contribution in [-0.4, -0.2) is 46.7 Å². The van der Waals surface area contributed by atoms with Gasteiger partial charge >= 0.3 is 6.01 Å². The summed E-state index contributed by atoms with van der Waals surface area (Å²) in [6, 6.07) is 3.21. The molecule has 12 heteroatoms. The molecule has 138 valence electrons. The van der Waals surface area contributed by atoms with Crippen LogP contribution in [0, 0.1) is 6.92 Å². The maximum Gasteiger partial charge on any atom is 0.319 e. The number of pyridine rings is 1. The number of aryl methyl sites for hydroxylation is 1. The van der Waals surface area contributed by atoms with E-state index < -0.39 is 15.2 Å². The van der Waals surface area contributed by atoms with Crippen molar-refractivity contribution in [1.82, 2.24) is 24.6 Å². The van der Waals surface area contributed by atoms with E-state index in [1.807, 2.05) is 0 Å². The molecule has 0 saturated carbocycles. The van der Waals surface area contributed by atoms with Crippen molar-refractivity contribution in [1.29, 1.82) is 0 Å². The molecule has 0 aliphatic heterocycles. The highest BCUT2D eigenvalue weighted by Gasteiger charge is 2.25. The van der Waals surface area contributed by atoms with Gasteiger partial charge in [-0.1, -0.05) is 11.6 Å². The first-order chi connectivity index (χ1) is 12.4. The molecule has 3 heterocycles. The molecule has 0 saturated heterocycles. The molecule has 0 aliphatic rings. The zero-order valence-corrected chi connectivity index (χ0v) is 15.7. The fraction of sp³-hybridized carbons (Fsp3) is 0.286. The van der Waals surface area contributed by atoms with Gasteiger partial charge < -0.3 is 9.47 Å². The van der Waals surface area contributed by atoms with Gasteiger partial charge in [-0.05, 0) is 13.8 Å². The van der Waals surface area contributed by atoms with Gasteiger partial charge in [0, 0.05) is 24.0 Å². The number of methoxy groups -OCH3 is 1. The van der Waals surface area contributed by atoms with Crippen LogP contribution in [-0.2, 0) is 10.0 Å². The first-order valence-electron chi connectivity index (χ1n) is 7.44. The number of sulfonamides is 1. The van der Waals surface area contributed by atoms with E-state index in [9.17, 15) is 8.42 Å². The molecule has 0 fully saturated rings. The van der Waals surface area contributed by atoms with Crippen molar-refractivity contribution in [3.05, 3.63) is 29.2 Å². The normalized spacial score (nSPS) is 11.5. The summed E-state index contributed by atoms with van der Waals surface area (Å²) in [5.74, 6) is 0.213. The Hall–Kier alpha value is -2.66. The topological polar surface area (TPSA) is 121 Å². The number of anilines is 1. The highest BCUT2D eigenvalue weighted by atomic mass is 35.5. The van der Waals surface area contributed by atoms with E-state index in [0.717, 1.165) is 0 Å². The van der Waals surface area contributed by atoms with E-state index in [0.29, 0.717) is 12.3 Å². The molecular weight excluding hydrogens is 384 g/mol. The van der Waals surface area contributed by atoms with Gasteiger partial charge in [-0.15, -0.1) is 5.10 Å². The van der Waals surface area contributed by atoms with E-state index in [1.54, 1.807) is 19.9 Å². The fourth-order valence-electron chi connectivity index (χ4n) is 2.15. The summed E-state index contributed by atoms with van der Waals surface area (Å²) in [6.45, 7) is 3.86. The lowest BCUT2D eigenvalue weighted by molar-refractivity contribution is 0.301. The van der Waals surface area contributed by atoms with Crippen molar-refractivity contribution in [2.75, 3.05) is 18.4 Å². The molecule has 1 N–H and O–H groups in total. The Bertz CT molecular complexity index is 1070. The largest absolute Gasteiger partial charge is 0.494 e. The molecule has 0 aliphatic carbocycles. The van der Waals surface area contributed by atoms with Gasteiger partial charge in [0.25, 0.3) is 15.2 Å². The number of ether oxygens (including phenoxy) is 2. The molecule has 0 spiro atoms. The van der Waals surface area contributed by atoms with Gasteiger partial charge in [0.15, 0.2) is 10.8 Å². The molecule has 26 heavy (non-hydrogen) atoms. The maximum absolute atomic E-state index is 12.7. The molecule has 0 unspecified atom stereocenters. The van der Waals surface area contributed by atoms with Crippen molar-refractivity contribution in [2.24, 2.45) is 0 Å². The monoisotopic (exact) mass is 398 g/mol. The first-order valence-corrected chi connectivity index (χ1v) is 9.30. The molecule has 0 radical (unpaired) electrons. The third kappa shape index (κ3) is 3.35. The smallest absolute Gasteiger partial charge is 0.319 e. The SMILES string of the molecule is CCOc1nc(C)cc2nc(S(=O)(=O)Nc3c(OC)ccnc3Cl)nn12. The number of aromatic nitrogens is 5. The number of nitrogens with zero attached hydrogens (tertiary/aromatic N) is 5. The summed E-state index contributed by atoms with van der Waals surface area (Å²) in [5.41, 5.74) is 0.891. The van der Waals surface area contributed by atoms with Crippen LogP contribution in [0.2, 0.25) is 5.15 Å². The Kier molecular flexibility index (Phi) is 4.83. The standard InChI is InChI=1S/C14H15ClN6O4S/c1-4-25-14-17-8(2)7-10-18-13(19-21(10)14)26(22,23)20-11-9(24-3)5-6-16-12(11)15/h5-7,20H,4H2,1-3H3. The lowest BCUT2D eigenvalue weighted by Crippen LogP contribution is -2.16. The van der Waals surface area contributed by atoms with E-state index in [4.69, 9.17) is 21.1 Å². The molecular formula is C14H15ClN6O4S. The molecule has 0 amide bonds. The average molecular weight is 399 g/mol. The minimum atomic E-state index is -4.16. The first kappa shape index (κ1) is 18.1. The third-order valence-corrected chi connectivity index (χ3v) is 4.65. The van der Waals surface area contributed by atoms with Gasteiger partial charge in [0.2, 0.25) is 0 Å². The number of fused-ring (bicyclic) bond motifs is 1. The molecule has 3 rings (SSSR count). The fourth-order valence-corrected chi connectivity index (χ4v) is 3.37. The second-order valence-electron chi connectivity index (χ2n) is 5.06. The Balaban J connectivity index is 2.07. The average Bonchev–Trinajstić information content (AvgIpc) is 3.02. The lowest BCUT2D eigenvalue weighted by atomic mass is 10.4. The van der Waals surface area contributed by atoms with Crippen LogP contribution in [0.15, 0.2) is 23.5 Å². The number of rotatable bonds is 6. The highest BCUT2D eigenvalue weighted by molar-refractivity contribution is 7.92. The zero-order valence-electron chi connectivity index (χ0n) is 14.1. The van der Waals surface area contributed by atoms with Crippen LogP contribution < -0.4 is 14.2 Å². The Morgan fingerprint density at radius 2 is 2.12 bits per heavy atom. The lowest BCUT2D eigenvalue weighted by Gasteiger charge is -2.10. The third-order valence-electron chi connectivity index (χ3n) is 3.24. The van der Waals surface area contributed by atoms with Crippen LogP contribution >= 0.6 is 11.6 Å². The summed E-state index contributed by atoms with van der Waals surface area (Å²) >= 11 is 5.97. The zero-order chi connectivity index (χ0) is 18.9. The summed E-state index contributed by atoms with van der Waals surface area (Å²) in [5, 5.41) is 3.46. The summed E-state index contributed by atoms with van der Waals surface area (Å²) in [4.78, 5) is 12.1. The minimum absolute atomic E-state index is 0.00476. The number of hydrogen-bond donors (Lipinski definition) is 1. The predicted octanol–water partition coefficient (Wildman–Crippen LogP) is 1.69. The van der Waals surface area contributed by atoms with Crippen molar-refractivity contribution in [2.45, 2.75) is 19.0 Å². The molecule has 10 nitrogen and oxygen atoms in total. The van der Waals surface area contributed by atoms with Gasteiger partial charge in [-0.2, -0.15) is 17.9 Å². The maximum atomic E-state index is 12.7. The molecule has 0 atom stereocenters. The summed E-state index contributed by atoms with van der Waals surface area (Å²) in [7, 11) is -2.77. The van der Waals surface area contributed by atoms with Crippen LogP contribution in [0.3, 0.4) is 0 Å². The Morgan fingerprint density at radius 1 is 1.35 bits per heavy atom. The van der Waals surface area contributed by atoms with E-state index in [1.165, 1.54) is 23.9 Å². The number of hydrogen-bond acceptors (Lipinski definition) is 8. The summed E-state index contributed by atoms with van der Waals surface area (Å²) in [6.07, 6.45) is 1.39. The van der Waals surface area contributed by atoms with E-state index >= 15 is 0 Å². The van der Waals surface area contributed by atoms with Crippen molar-refractivity contribution >= 4 is 33.0 Å². The van der Waals surface area contributed by atoms with Gasteiger partial charge in [-0.25, -0.2) is 9.97 Å². The predicted molar refractivity (Wildman–Crippen MR) is 93.3 cm³/mol.